The number of benzene rings is 1. The summed E-state index contributed by atoms with van der Waals surface area (Å²) in [7, 11) is 2.95. The first kappa shape index (κ1) is 11.3. The summed E-state index contributed by atoms with van der Waals surface area (Å²) in [6.45, 7) is 0. The highest BCUT2D eigenvalue weighted by atomic mass is 79.9. The SMILES string of the molecule is COc1cc(Br)cc(C(=O)Cl)c1OC. The van der Waals surface area contributed by atoms with Gasteiger partial charge in [0.05, 0.1) is 19.8 Å². The molecule has 0 bridgehead atoms. The predicted molar refractivity (Wildman–Crippen MR) is 57.4 cm³/mol. The summed E-state index contributed by atoms with van der Waals surface area (Å²) in [5.74, 6) is 0.807. The Morgan fingerprint density at radius 2 is 2.00 bits per heavy atom. The summed E-state index contributed by atoms with van der Waals surface area (Å²) >= 11 is 8.63. The van der Waals surface area contributed by atoms with Crippen LogP contribution in [-0.2, 0) is 0 Å². The van der Waals surface area contributed by atoms with Crippen LogP contribution in [0.3, 0.4) is 0 Å². The maximum absolute atomic E-state index is 11.1. The molecule has 0 N–H and O–H groups in total. The molecule has 0 aliphatic heterocycles. The van der Waals surface area contributed by atoms with Gasteiger partial charge in [-0.2, -0.15) is 0 Å². The predicted octanol–water partition coefficient (Wildman–Crippen LogP) is 2.85. The van der Waals surface area contributed by atoms with Crippen molar-refractivity contribution < 1.29 is 14.3 Å². The van der Waals surface area contributed by atoms with Crippen molar-refractivity contribution in [2.45, 2.75) is 0 Å². The summed E-state index contributed by atoms with van der Waals surface area (Å²) in [4.78, 5) is 11.1. The van der Waals surface area contributed by atoms with Crippen LogP contribution in [0.2, 0.25) is 0 Å². The maximum atomic E-state index is 11.1. The van der Waals surface area contributed by atoms with Crippen molar-refractivity contribution in [3.63, 3.8) is 0 Å². The van der Waals surface area contributed by atoms with Crippen LogP contribution >= 0.6 is 27.5 Å². The van der Waals surface area contributed by atoms with E-state index >= 15 is 0 Å². The summed E-state index contributed by atoms with van der Waals surface area (Å²) in [6.07, 6.45) is 0. The van der Waals surface area contributed by atoms with Crippen LogP contribution in [0.5, 0.6) is 11.5 Å². The third-order valence-corrected chi connectivity index (χ3v) is 2.32. The molecule has 1 rings (SSSR count). The molecule has 0 heterocycles. The Balaban J connectivity index is 3.39. The summed E-state index contributed by atoms with van der Waals surface area (Å²) in [6, 6.07) is 3.28. The maximum Gasteiger partial charge on any atom is 0.256 e. The molecule has 1 aromatic carbocycles. The molecule has 76 valence electrons. The van der Waals surface area contributed by atoms with E-state index in [2.05, 4.69) is 15.9 Å². The fourth-order valence-corrected chi connectivity index (χ4v) is 1.65. The van der Waals surface area contributed by atoms with Crippen LogP contribution in [0.4, 0.5) is 0 Å². The van der Waals surface area contributed by atoms with E-state index in [0.29, 0.717) is 16.0 Å². The smallest absolute Gasteiger partial charge is 0.256 e. The van der Waals surface area contributed by atoms with Gasteiger partial charge < -0.3 is 9.47 Å². The molecule has 0 fully saturated rings. The zero-order valence-electron chi connectivity index (χ0n) is 7.64. The standard InChI is InChI=1S/C9H8BrClO3/c1-13-7-4-5(10)3-6(9(11)12)8(7)14-2/h3-4H,1-2H3. The highest BCUT2D eigenvalue weighted by Gasteiger charge is 2.15. The first-order chi connectivity index (χ1) is 6.60. The molecule has 1 aromatic rings. The Bertz CT molecular complexity index is 365. The van der Waals surface area contributed by atoms with Crippen LogP contribution in [-0.4, -0.2) is 19.5 Å². The van der Waals surface area contributed by atoms with E-state index in [4.69, 9.17) is 21.1 Å². The van der Waals surface area contributed by atoms with Crippen molar-refractivity contribution in [3.05, 3.63) is 22.2 Å². The van der Waals surface area contributed by atoms with Gasteiger partial charge in [0.1, 0.15) is 0 Å². The zero-order valence-corrected chi connectivity index (χ0v) is 9.98. The van der Waals surface area contributed by atoms with Crippen LogP contribution < -0.4 is 9.47 Å². The molecule has 3 nitrogen and oxygen atoms in total. The highest BCUT2D eigenvalue weighted by molar-refractivity contribution is 9.10. The minimum Gasteiger partial charge on any atom is -0.493 e. The van der Waals surface area contributed by atoms with Gasteiger partial charge in [0, 0.05) is 4.47 Å². The molecule has 14 heavy (non-hydrogen) atoms. The van der Waals surface area contributed by atoms with E-state index in [1.165, 1.54) is 14.2 Å². The number of halogens is 2. The molecule has 0 saturated heterocycles. The quantitative estimate of drug-likeness (QED) is 0.798. The molecule has 0 amide bonds. The van der Waals surface area contributed by atoms with E-state index in [1.807, 2.05) is 0 Å². The number of ether oxygens (including phenoxy) is 2. The lowest BCUT2D eigenvalue weighted by Crippen LogP contribution is -1.98. The van der Waals surface area contributed by atoms with Gasteiger partial charge in [0.15, 0.2) is 11.5 Å². The van der Waals surface area contributed by atoms with Gasteiger partial charge >= 0.3 is 0 Å². The van der Waals surface area contributed by atoms with Gasteiger partial charge in [-0.3, -0.25) is 4.79 Å². The molecular weight excluding hydrogens is 271 g/mol. The van der Waals surface area contributed by atoms with Gasteiger partial charge in [-0.25, -0.2) is 0 Å². The highest BCUT2D eigenvalue weighted by Crippen LogP contribution is 2.35. The molecule has 0 aliphatic rings. The molecule has 0 aromatic heterocycles. The van der Waals surface area contributed by atoms with Crippen molar-refractivity contribution in [1.29, 1.82) is 0 Å². The molecule has 0 saturated carbocycles. The van der Waals surface area contributed by atoms with Crippen LogP contribution in [0.15, 0.2) is 16.6 Å². The van der Waals surface area contributed by atoms with Crippen molar-refractivity contribution in [2.24, 2.45) is 0 Å². The summed E-state index contributed by atoms with van der Waals surface area (Å²) < 4.78 is 10.8. The summed E-state index contributed by atoms with van der Waals surface area (Å²) in [5, 5.41) is -0.582. The molecular formula is C9H8BrClO3. The molecule has 0 spiro atoms. The molecule has 5 heteroatoms. The first-order valence-electron chi connectivity index (χ1n) is 3.71. The van der Waals surface area contributed by atoms with Crippen LogP contribution in [0, 0.1) is 0 Å². The van der Waals surface area contributed by atoms with Crippen molar-refractivity contribution in [2.75, 3.05) is 14.2 Å². The second-order valence-corrected chi connectivity index (χ2v) is 3.72. The van der Waals surface area contributed by atoms with E-state index in [9.17, 15) is 4.79 Å². The Hall–Kier alpha value is -0.740. The lowest BCUT2D eigenvalue weighted by Gasteiger charge is -2.10. The zero-order chi connectivity index (χ0) is 10.7. The first-order valence-corrected chi connectivity index (χ1v) is 4.88. The minimum absolute atomic E-state index is 0.278. The Morgan fingerprint density at radius 1 is 1.36 bits per heavy atom. The number of carbonyl (C=O) groups is 1. The average Bonchev–Trinajstić information content (AvgIpc) is 2.16. The van der Waals surface area contributed by atoms with E-state index < -0.39 is 5.24 Å². The van der Waals surface area contributed by atoms with E-state index in [-0.39, 0.29) is 5.56 Å². The van der Waals surface area contributed by atoms with Crippen molar-refractivity contribution in [1.82, 2.24) is 0 Å². The average molecular weight is 280 g/mol. The van der Waals surface area contributed by atoms with E-state index in [1.54, 1.807) is 12.1 Å². The minimum atomic E-state index is -0.582. The molecule has 0 radical (unpaired) electrons. The fourth-order valence-electron chi connectivity index (χ4n) is 1.08. The lowest BCUT2D eigenvalue weighted by atomic mass is 10.2. The number of carbonyl (C=O) groups excluding carboxylic acids is 1. The number of methoxy groups -OCH3 is 2. The van der Waals surface area contributed by atoms with Crippen molar-refractivity contribution in [3.8, 4) is 11.5 Å². The number of rotatable bonds is 3. The van der Waals surface area contributed by atoms with Gasteiger partial charge in [-0.1, -0.05) is 15.9 Å². The Kier molecular flexibility index (Phi) is 3.77. The monoisotopic (exact) mass is 278 g/mol. The van der Waals surface area contributed by atoms with Gasteiger partial charge in [0.2, 0.25) is 0 Å². The fraction of sp³-hybridized carbons (Fsp3) is 0.222. The molecule has 0 aliphatic carbocycles. The largest absolute Gasteiger partial charge is 0.493 e. The number of hydrogen-bond acceptors (Lipinski definition) is 3. The molecule has 0 unspecified atom stereocenters. The lowest BCUT2D eigenvalue weighted by molar-refractivity contribution is 0.107. The Morgan fingerprint density at radius 3 is 2.43 bits per heavy atom. The molecule has 0 atom stereocenters. The Labute approximate surface area is 95.1 Å². The number of hydrogen-bond donors (Lipinski definition) is 0. The van der Waals surface area contributed by atoms with Crippen molar-refractivity contribution >= 4 is 32.8 Å². The van der Waals surface area contributed by atoms with Gasteiger partial charge in [-0.05, 0) is 23.7 Å². The van der Waals surface area contributed by atoms with Crippen LogP contribution in [0.1, 0.15) is 10.4 Å². The third kappa shape index (κ3) is 2.19. The summed E-state index contributed by atoms with van der Waals surface area (Å²) in [5.41, 5.74) is 0.278. The normalized spacial score (nSPS) is 9.71. The second-order valence-electron chi connectivity index (χ2n) is 2.46. The van der Waals surface area contributed by atoms with Gasteiger partial charge in [-0.15, -0.1) is 0 Å². The second kappa shape index (κ2) is 4.66. The topological polar surface area (TPSA) is 35.5 Å². The van der Waals surface area contributed by atoms with Gasteiger partial charge in [0.25, 0.3) is 5.24 Å². The third-order valence-electron chi connectivity index (χ3n) is 1.66. The van der Waals surface area contributed by atoms with E-state index in [0.717, 1.165) is 0 Å². The van der Waals surface area contributed by atoms with Crippen LogP contribution in [0.25, 0.3) is 0 Å².